The summed E-state index contributed by atoms with van der Waals surface area (Å²) in [5, 5.41) is 14.4. The van der Waals surface area contributed by atoms with Crippen LogP contribution in [0.5, 0.6) is 0 Å². The van der Waals surface area contributed by atoms with Gasteiger partial charge in [-0.15, -0.1) is 11.3 Å². The van der Waals surface area contributed by atoms with Crippen molar-refractivity contribution in [1.82, 2.24) is 15.2 Å². The van der Waals surface area contributed by atoms with Gasteiger partial charge in [-0.1, -0.05) is 24.3 Å². The summed E-state index contributed by atoms with van der Waals surface area (Å²) in [7, 11) is 1.69. The number of amides is 2. The molecule has 8 heteroatoms. The Balaban J connectivity index is 1.59. The highest BCUT2D eigenvalue weighted by atomic mass is 32.1. The van der Waals surface area contributed by atoms with Gasteiger partial charge in [-0.25, -0.2) is 9.78 Å². The average molecular weight is 356 g/mol. The maximum atomic E-state index is 12.2. The molecule has 0 aliphatic heterocycles. The van der Waals surface area contributed by atoms with E-state index in [1.165, 1.54) is 17.0 Å². The third-order valence-electron chi connectivity index (χ3n) is 3.62. The first kappa shape index (κ1) is 16.8. The number of carbonyl (C=O) groups excluding carboxylic acids is 1. The first-order valence-electron chi connectivity index (χ1n) is 7.59. The Morgan fingerprint density at radius 1 is 1.28 bits per heavy atom. The highest BCUT2D eigenvalue weighted by molar-refractivity contribution is 7.18. The molecule has 2 amide bonds. The van der Waals surface area contributed by atoms with E-state index in [2.05, 4.69) is 10.3 Å². The van der Waals surface area contributed by atoms with Crippen LogP contribution in [-0.2, 0) is 13.1 Å². The van der Waals surface area contributed by atoms with E-state index in [1.807, 2.05) is 24.3 Å². The lowest BCUT2D eigenvalue weighted by Gasteiger charge is -2.16. The average Bonchev–Trinajstić information content (AvgIpc) is 3.02. The molecule has 25 heavy (non-hydrogen) atoms. The number of carbonyl (C=O) groups is 1. The second kappa shape index (κ2) is 7.27. The van der Waals surface area contributed by atoms with Crippen molar-refractivity contribution < 1.29 is 9.72 Å². The summed E-state index contributed by atoms with van der Waals surface area (Å²) in [4.78, 5) is 28.6. The lowest BCUT2D eigenvalue weighted by Crippen LogP contribution is -2.36. The van der Waals surface area contributed by atoms with Crippen molar-refractivity contribution in [2.45, 2.75) is 13.1 Å². The first-order valence-corrected chi connectivity index (χ1v) is 8.41. The summed E-state index contributed by atoms with van der Waals surface area (Å²) < 4.78 is 1.09. The maximum absolute atomic E-state index is 12.2. The van der Waals surface area contributed by atoms with Gasteiger partial charge in [-0.2, -0.15) is 0 Å². The summed E-state index contributed by atoms with van der Waals surface area (Å²) in [6.45, 7) is 0.630. The molecule has 1 aromatic heterocycles. The van der Waals surface area contributed by atoms with Gasteiger partial charge in [0.1, 0.15) is 5.01 Å². The van der Waals surface area contributed by atoms with Crippen LogP contribution >= 0.6 is 11.3 Å². The molecule has 0 saturated heterocycles. The van der Waals surface area contributed by atoms with Crippen LogP contribution in [0.3, 0.4) is 0 Å². The Bertz CT molecular complexity index is 892. The molecule has 2 aromatic carbocycles. The fourth-order valence-electron chi connectivity index (χ4n) is 2.35. The van der Waals surface area contributed by atoms with Crippen LogP contribution in [0.2, 0.25) is 0 Å². The molecule has 0 atom stereocenters. The molecule has 3 aromatic rings. The molecular formula is C17H16N4O3S. The van der Waals surface area contributed by atoms with Gasteiger partial charge in [0, 0.05) is 25.7 Å². The molecule has 3 rings (SSSR count). The summed E-state index contributed by atoms with van der Waals surface area (Å²) in [5.74, 6) is 0. The molecule has 0 bridgehead atoms. The Kier molecular flexibility index (Phi) is 4.90. The fraction of sp³-hybridized carbons (Fsp3) is 0.176. The number of aromatic nitrogens is 1. The lowest BCUT2D eigenvalue weighted by molar-refractivity contribution is -0.384. The number of fused-ring (bicyclic) bond motifs is 1. The van der Waals surface area contributed by atoms with Crippen LogP contribution in [0.25, 0.3) is 10.2 Å². The Labute approximate surface area is 148 Å². The predicted octanol–water partition coefficient (Wildman–Crippen LogP) is 3.55. The van der Waals surface area contributed by atoms with Gasteiger partial charge < -0.3 is 10.2 Å². The number of benzene rings is 2. The zero-order valence-corrected chi connectivity index (χ0v) is 14.3. The maximum Gasteiger partial charge on any atom is 0.317 e. The van der Waals surface area contributed by atoms with E-state index in [9.17, 15) is 14.9 Å². The van der Waals surface area contributed by atoms with E-state index >= 15 is 0 Å². The zero-order valence-electron chi connectivity index (χ0n) is 13.5. The minimum atomic E-state index is -0.454. The molecule has 0 fully saturated rings. The van der Waals surface area contributed by atoms with E-state index < -0.39 is 4.92 Å². The van der Waals surface area contributed by atoms with Gasteiger partial charge in [-0.3, -0.25) is 10.1 Å². The monoisotopic (exact) mass is 356 g/mol. The van der Waals surface area contributed by atoms with E-state index in [4.69, 9.17) is 0 Å². The normalized spacial score (nSPS) is 10.6. The van der Waals surface area contributed by atoms with Crippen molar-refractivity contribution in [3.05, 3.63) is 69.2 Å². The number of nitro benzene ring substituents is 1. The van der Waals surface area contributed by atoms with Crippen molar-refractivity contribution in [3.8, 4) is 0 Å². The minimum absolute atomic E-state index is 0.00887. The molecule has 0 unspecified atom stereocenters. The van der Waals surface area contributed by atoms with Gasteiger partial charge in [0.2, 0.25) is 0 Å². The molecule has 7 nitrogen and oxygen atoms in total. The van der Waals surface area contributed by atoms with Gasteiger partial charge in [-0.05, 0) is 17.7 Å². The first-order chi connectivity index (χ1) is 12.0. The number of hydrogen-bond donors (Lipinski definition) is 1. The van der Waals surface area contributed by atoms with E-state index in [0.717, 1.165) is 15.2 Å². The minimum Gasteiger partial charge on any atom is -0.334 e. The van der Waals surface area contributed by atoms with Gasteiger partial charge >= 0.3 is 6.03 Å². The van der Waals surface area contributed by atoms with Crippen LogP contribution in [0.1, 0.15) is 10.6 Å². The van der Waals surface area contributed by atoms with E-state index in [0.29, 0.717) is 12.1 Å². The largest absolute Gasteiger partial charge is 0.334 e. The van der Waals surface area contributed by atoms with Gasteiger partial charge in [0.05, 0.1) is 21.7 Å². The summed E-state index contributed by atoms with van der Waals surface area (Å²) in [6.07, 6.45) is 0. The number of thiazole rings is 1. The van der Waals surface area contributed by atoms with Gasteiger partial charge in [0.25, 0.3) is 5.69 Å². The second-order valence-electron chi connectivity index (χ2n) is 5.52. The number of nitro groups is 1. The molecule has 1 heterocycles. The summed E-state index contributed by atoms with van der Waals surface area (Å²) >= 11 is 1.55. The molecule has 0 aliphatic carbocycles. The Hall–Kier alpha value is -3.00. The molecule has 0 radical (unpaired) electrons. The second-order valence-corrected chi connectivity index (χ2v) is 6.63. The number of rotatable bonds is 5. The predicted molar refractivity (Wildman–Crippen MR) is 96.4 cm³/mol. The third-order valence-corrected chi connectivity index (χ3v) is 4.64. The number of para-hydroxylation sites is 1. The third kappa shape index (κ3) is 4.10. The van der Waals surface area contributed by atoms with E-state index in [1.54, 1.807) is 30.5 Å². The quantitative estimate of drug-likeness (QED) is 0.559. The Morgan fingerprint density at radius 2 is 2.08 bits per heavy atom. The molecule has 1 N–H and O–H groups in total. The zero-order chi connectivity index (χ0) is 17.8. The number of hydrogen-bond acceptors (Lipinski definition) is 5. The van der Waals surface area contributed by atoms with Crippen LogP contribution in [0, 0.1) is 10.1 Å². The highest BCUT2D eigenvalue weighted by Crippen LogP contribution is 2.22. The molecule has 128 valence electrons. The Morgan fingerprint density at radius 3 is 2.84 bits per heavy atom. The topological polar surface area (TPSA) is 88.4 Å². The highest BCUT2D eigenvalue weighted by Gasteiger charge is 2.12. The van der Waals surface area contributed by atoms with E-state index in [-0.39, 0.29) is 18.3 Å². The number of non-ortho nitro benzene ring substituents is 1. The van der Waals surface area contributed by atoms with Crippen molar-refractivity contribution in [3.63, 3.8) is 0 Å². The number of nitrogens with zero attached hydrogens (tertiary/aromatic N) is 3. The number of nitrogens with one attached hydrogen (secondary N) is 1. The van der Waals surface area contributed by atoms with Crippen LogP contribution in [0.15, 0.2) is 48.5 Å². The van der Waals surface area contributed by atoms with Crippen molar-refractivity contribution in [2.24, 2.45) is 0 Å². The fourth-order valence-corrected chi connectivity index (χ4v) is 3.38. The summed E-state index contributed by atoms with van der Waals surface area (Å²) in [6, 6.07) is 13.8. The lowest BCUT2D eigenvalue weighted by atomic mass is 10.2. The van der Waals surface area contributed by atoms with Crippen molar-refractivity contribution in [2.75, 3.05) is 7.05 Å². The van der Waals surface area contributed by atoms with Crippen LogP contribution in [-0.4, -0.2) is 27.9 Å². The van der Waals surface area contributed by atoms with Gasteiger partial charge in [0.15, 0.2) is 0 Å². The molecule has 0 spiro atoms. The standard InChI is InChI=1S/C17H16N4O3S/c1-20(11-16-19-14-7-2-3-8-15(14)25-16)17(22)18-10-12-5-4-6-13(9-12)21(23)24/h2-9H,10-11H2,1H3,(H,18,22). The molecule has 0 saturated carbocycles. The van der Waals surface area contributed by atoms with Crippen molar-refractivity contribution in [1.29, 1.82) is 0 Å². The molecule has 0 aliphatic rings. The SMILES string of the molecule is CN(Cc1nc2ccccc2s1)C(=O)NCc1cccc([N+](=O)[O-])c1. The van der Waals surface area contributed by atoms with Crippen LogP contribution < -0.4 is 5.32 Å². The van der Waals surface area contributed by atoms with Crippen LogP contribution in [0.4, 0.5) is 10.5 Å². The summed E-state index contributed by atoms with van der Waals surface area (Å²) in [5.41, 5.74) is 1.61. The number of urea groups is 1. The smallest absolute Gasteiger partial charge is 0.317 e. The molecular weight excluding hydrogens is 340 g/mol. The van der Waals surface area contributed by atoms with Crippen molar-refractivity contribution >= 4 is 33.3 Å².